The zero-order valence-corrected chi connectivity index (χ0v) is 17.7. The van der Waals surface area contributed by atoms with E-state index in [1.165, 1.54) is 17.0 Å². The van der Waals surface area contributed by atoms with Crippen LogP contribution in [0.1, 0.15) is 28.2 Å². The van der Waals surface area contributed by atoms with E-state index in [0.29, 0.717) is 5.56 Å². The Morgan fingerprint density at radius 2 is 1.77 bits per heavy atom. The lowest BCUT2D eigenvalue weighted by Gasteiger charge is -2.42. The van der Waals surface area contributed by atoms with Crippen molar-refractivity contribution < 1.29 is 9.18 Å². The van der Waals surface area contributed by atoms with E-state index < -0.39 is 0 Å². The number of nitrogens with zero attached hydrogens (tertiary/aromatic N) is 3. The molecule has 0 saturated carbocycles. The molecule has 1 amide bonds. The Morgan fingerprint density at radius 1 is 1.07 bits per heavy atom. The molecule has 0 spiro atoms. The first kappa shape index (κ1) is 20.5. The lowest BCUT2D eigenvalue weighted by Crippen LogP contribution is -2.52. The third kappa shape index (κ3) is 4.68. The van der Waals surface area contributed by atoms with Gasteiger partial charge in [0.15, 0.2) is 0 Å². The molecule has 3 aromatic rings. The molecule has 1 N–H and O–H groups in total. The first-order valence-corrected chi connectivity index (χ1v) is 11.0. The lowest BCUT2D eigenvalue weighted by atomic mass is 10.0. The maximum atomic E-state index is 13.2. The highest BCUT2D eigenvalue weighted by molar-refractivity contribution is 7.10. The molecule has 5 nitrogen and oxygen atoms in total. The third-order valence-electron chi connectivity index (χ3n) is 5.51. The number of pyridine rings is 1. The van der Waals surface area contributed by atoms with Gasteiger partial charge in [-0.25, -0.2) is 4.39 Å². The van der Waals surface area contributed by atoms with Crippen LogP contribution >= 0.6 is 11.3 Å². The molecule has 2 unspecified atom stereocenters. The van der Waals surface area contributed by atoms with Gasteiger partial charge in [0.2, 0.25) is 0 Å². The average molecular weight is 425 g/mol. The number of thiophene rings is 1. The number of halogens is 1. The standard InChI is InChI=1S/C23H25FN4OS/c1-17(26-23(29)18-8-10-25-11-9-18)22(21-3-2-16-30-21)28-14-12-27(13-15-28)20-6-4-19(24)5-7-20/h2-11,16-17,22H,12-15H2,1H3,(H,26,29). The van der Waals surface area contributed by atoms with E-state index in [-0.39, 0.29) is 23.8 Å². The van der Waals surface area contributed by atoms with Gasteiger partial charge in [-0.3, -0.25) is 14.7 Å². The van der Waals surface area contributed by atoms with E-state index in [1.54, 1.807) is 35.9 Å². The Kier molecular flexibility index (Phi) is 6.40. The third-order valence-corrected chi connectivity index (χ3v) is 6.45. The number of benzene rings is 1. The van der Waals surface area contributed by atoms with Crippen molar-refractivity contribution in [1.29, 1.82) is 0 Å². The van der Waals surface area contributed by atoms with Crippen LogP contribution in [0.15, 0.2) is 66.3 Å². The number of piperazine rings is 1. The molecule has 156 valence electrons. The Labute approximate surface area is 180 Å². The van der Waals surface area contributed by atoms with Gasteiger partial charge in [-0.2, -0.15) is 0 Å². The van der Waals surface area contributed by atoms with Crippen molar-refractivity contribution >= 4 is 22.9 Å². The number of hydrogen-bond donors (Lipinski definition) is 1. The fourth-order valence-electron chi connectivity index (χ4n) is 3.98. The molecule has 7 heteroatoms. The molecular weight excluding hydrogens is 399 g/mol. The highest BCUT2D eigenvalue weighted by Gasteiger charge is 2.31. The van der Waals surface area contributed by atoms with E-state index in [1.807, 2.05) is 12.1 Å². The van der Waals surface area contributed by atoms with Gasteiger partial charge in [0.05, 0.1) is 6.04 Å². The minimum Gasteiger partial charge on any atom is -0.369 e. The van der Waals surface area contributed by atoms with Crippen molar-refractivity contribution in [3.63, 3.8) is 0 Å². The smallest absolute Gasteiger partial charge is 0.251 e. The molecule has 0 radical (unpaired) electrons. The number of hydrogen-bond acceptors (Lipinski definition) is 5. The molecule has 30 heavy (non-hydrogen) atoms. The number of amides is 1. The number of carbonyl (C=O) groups excluding carboxylic acids is 1. The SMILES string of the molecule is CC(NC(=O)c1ccncc1)C(c1cccs1)N1CCN(c2ccc(F)cc2)CC1. The van der Waals surface area contributed by atoms with Gasteiger partial charge in [-0.1, -0.05) is 6.07 Å². The summed E-state index contributed by atoms with van der Waals surface area (Å²) in [5.41, 5.74) is 1.66. The molecule has 2 atom stereocenters. The van der Waals surface area contributed by atoms with E-state index in [9.17, 15) is 9.18 Å². The van der Waals surface area contributed by atoms with Crippen LogP contribution in [-0.4, -0.2) is 48.0 Å². The summed E-state index contributed by atoms with van der Waals surface area (Å²) < 4.78 is 13.2. The molecular formula is C23H25FN4OS. The van der Waals surface area contributed by atoms with Gasteiger partial charge >= 0.3 is 0 Å². The summed E-state index contributed by atoms with van der Waals surface area (Å²) in [6.07, 6.45) is 3.26. The predicted molar refractivity (Wildman–Crippen MR) is 118 cm³/mol. The largest absolute Gasteiger partial charge is 0.369 e. The topological polar surface area (TPSA) is 48.5 Å². The molecule has 1 aliphatic heterocycles. The van der Waals surface area contributed by atoms with Crippen LogP contribution in [0, 0.1) is 5.82 Å². The van der Waals surface area contributed by atoms with E-state index in [0.717, 1.165) is 31.9 Å². The Bertz CT molecular complexity index is 941. The van der Waals surface area contributed by atoms with Gasteiger partial charge in [0, 0.05) is 60.7 Å². The zero-order valence-electron chi connectivity index (χ0n) is 16.9. The summed E-state index contributed by atoms with van der Waals surface area (Å²) in [6, 6.07) is 14.4. The zero-order chi connectivity index (χ0) is 20.9. The molecule has 0 bridgehead atoms. The first-order valence-electron chi connectivity index (χ1n) is 10.1. The molecule has 1 aliphatic rings. The number of carbonyl (C=O) groups is 1. The minimum absolute atomic E-state index is 0.0540. The molecule has 3 heterocycles. The summed E-state index contributed by atoms with van der Waals surface area (Å²) in [5, 5.41) is 5.25. The van der Waals surface area contributed by atoms with Crippen LogP contribution < -0.4 is 10.2 Å². The van der Waals surface area contributed by atoms with Gasteiger partial charge in [-0.15, -0.1) is 11.3 Å². The molecule has 1 saturated heterocycles. The summed E-state index contributed by atoms with van der Waals surface area (Å²) >= 11 is 1.72. The van der Waals surface area contributed by atoms with Gasteiger partial charge in [-0.05, 0) is 54.8 Å². The summed E-state index contributed by atoms with van der Waals surface area (Å²) in [5.74, 6) is -0.301. The summed E-state index contributed by atoms with van der Waals surface area (Å²) in [4.78, 5) is 22.6. The van der Waals surface area contributed by atoms with Gasteiger partial charge < -0.3 is 10.2 Å². The quantitative estimate of drug-likeness (QED) is 0.651. The molecule has 4 rings (SSSR count). The predicted octanol–water partition coefficient (Wildman–Crippen LogP) is 3.96. The molecule has 2 aromatic heterocycles. The summed E-state index contributed by atoms with van der Waals surface area (Å²) in [7, 11) is 0. The summed E-state index contributed by atoms with van der Waals surface area (Å²) in [6.45, 7) is 5.53. The number of nitrogens with one attached hydrogen (secondary N) is 1. The Balaban J connectivity index is 1.45. The van der Waals surface area contributed by atoms with Crippen molar-refractivity contribution in [3.8, 4) is 0 Å². The van der Waals surface area contributed by atoms with Gasteiger partial charge in [0.1, 0.15) is 5.82 Å². The Morgan fingerprint density at radius 3 is 2.40 bits per heavy atom. The van der Waals surface area contributed by atoms with Crippen molar-refractivity contribution in [1.82, 2.24) is 15.2 Å². The van der Waals surface area contributed by atoms with E-state index in [2.05, 4.69) is 44.5 Å². The highest BCUT2D eigenvalue weighted by Crippen LogP contribution is 2.30. The van der Waals surface area contributed by atoms with Gasteiger partial charge in [0.25, 0.3) is 5.91 Å². The van der Waals surface area contributed by atoms with Crippen LogP contribution in [0.4, 0.5) is 10.1 Å². The molecule has 0 aliphatic carbocycles. The van der Waals surface area contributed by atoms with Crippen molar-refractivity contribution in [3.05, 3.63) is 82.6 Å². The van der Waals surface area contributed by atoms with Crippen molar-refractivity contribution in [2.24, 2.45) is 0 Å². The van der Waals surface area contributed by atoms with E-state index in [4.69, 9.17) is 0 Å². The van der Waals surface area contributed by atoms with Crippen LogP contribution in [0.5, 0.6) is 0 Å². The number of rotatable bonds is 6. The van der Waals surface area contributed by atoms with Crippen LogP contribution in [-0.2, 0) is 0 Å². The van der Waals surface area contributed by atoms with Crippen molar-refractivity contribution in [2.45, 2.75) is 19.0 Å². The lowest BCUT2D eigenvalue weighted by molar-refractivity contribution is 0.0890. The first-order chi connectivity index (χ1) is 14.6. The van der Waals surface area contributed by atoms with Crippen LogP contribution in [0.2, 0.25) is 0 Å². The second-order valence-electron chi connectivity index (χ2n) is 7.46. The van der Waals surface area contributed by atoms with Crippen LogP contribution in [0.3, 0.4) is 0 Å². The number of aromatic nitrogens is 1. The Hall–Kier alpha value is -2.77. The average Bonchev–Trinajstić information content (AvgIpc) is 3.30. The fourth-order valence-corrected chi connectivity index (χ4v) is 4.95. The van der Waals surface area contributed by atoms with Crippen LogP contribution in [0.25, 0.3) is 0 Å². The second kappa shape index (κ2) is 9.36. The van der Waals surface area contributed by atoms with Crippen molar-refractivity contribution in [2.75, 3.05) is 31.1 Å². The normalized spacial score (nSPS) is 16.8. The monoisotopic (exact) mass is 424 g/mol. The highest BCUT2D eigenvalue weighted by atomic mass is 32.1. The maximum absolute atomic E-state index is 13.2. The number of anilines is 1. The molecule has 1 aromatic carbocycles. The minimum atomic E-state index is -0.214. The fraction of sp³-hybridized carbons (Fsp3) is 0.304. The second-order valence-corrected chi connectivity index (χ2v) is 8.44. The maximum Gasteiger partial charge on any atom is 0.251 e. The molecule has 1 fully saturated rings. The van der Waals surface area contributed by atoms with E-state index >= 15 is 0 Å².